The molecule has 11 heteroatoms. The lowest BCUT2D eigenvalue weighted by Gasteiger charge is -2.34. The van der Waals surface area contributed by atoms with E-state index < -0.39 is 10.0 Å². The highest BCUT2D eigenvalue weighted by atomic mass is 32.2. The van der Waals surface area contributed by atoms with E-state index in [1.54, 1.807) is 24.1 Å². The van der Waals surface area contributed by atoms with Gasteiger partial charge in [-0.15, -0.1) is 0 Å². The van der Waals surface area contributed by atoms with E-state index in [1.807, 2.05) is 32.0 Å². The van der Waals surface area contributed by atoms with Gasteiger partial charge in [-0.3, -0.25) is 9.69 Å². The van der Waals surface area contributed by atoms with Gasteiger partial charge in [-0.05, 0) is 63.3 Å². The fourth-order valence-corrected chi connectivity index (χ4v) is 7.26. The van der Waals surface area contributed by atoms with Crippen molar-refractivity contribution in [1.29, 1.82) is 0 Å². The van der Waals surface area contributed by atoms with E-state index in [4.69, 9.17) is 14.5 Å². The normalized spacial score (nSPS) is 18.7. The number of sulfonamides is 1. The summed E-state index contributed by atoms with van der Waals surface area (Å²) in [6.07, 6.45) is -0.359. The van der Waals surface area contributed by atoms with E-state index in [-0.39, 0.29) is 23.0 Å². The number of benzene rings is 2. The number of carbonyl (C=O) groups excluding carboxylic acids is 1. The average molecular weight is 561 g/mol. The molecule has 206 valence electrons. The van der Waals surface area contributed by atoms with Crippen LogP contribution in [0.15, 0.2) is 47.4 Å². The van der Waals surface area contributed by atoms with Gasteiger partial charge in [-0.2, -0.15) is 4.31 Å². The van der Waals surface area contributed by atoms with Gasteiger partial charge in [0.25, 0.3) is 5.91 Å². The molecule has 38 heavy (non-hydrogen) atoms. The average Bonchev–Trinajstić information content (AvgIpc) is 3.34. The Kier molecular flexibility index (Phi) is 9.04. The molecule has 1 aromatic heterocycles. The minimum absolute atomic E-state index is 0.162. The second kappa shape index (κ2) is 12.1. The molecule has 1 saturated heterocycles. The summed E-state index contributed by atoms with van der Waals surface area (Å²) in [7, 11) is -2.10. The van der Waals surface area contributed by atoms with Gasteiger partial charge in [0, 0.05) is 31.7 Å². The Hall–Kier alpha value is -2.57. The van der Waals surface area contributed by atoms with Crippen LogP contribution in [-0.2, 0) is 14.8 Å². The lowest BCUT2D eigenvalue weighted by atomic mass is 10.2. The van der Waals surface area contributed by atoms with Crippen LogP contribution in [0.1, 0.15) is 38.1 Å². The van der Waals surface area contributed by atoms with Crippen molar-refractivity contribution in [3.63, 3.8) is 0 Å². The smallest absolute Gasteiger partial charge is 0.260 e. The third-order valence-electron chi connectivity index (χ3n) is 6.73. The predicted octanol–water partition coefficient (Wildman–Crippen LogP) is 4.09. The number of methoxy groups -OCH3 is 1. The number of nitrogens with zero attached hydrogens (tertiary/aromatic N) is 4. The zero-order chi connectivity index (χ0) is 27.4. The van der Waals surface area contributed by atoms with Gasteiger partial charge in [0.15, 0.2) is 5.13 Å². The molecular formula is C27H36N4O5S2. The number of amides is 1. The number of carbonyl (C=O) groups is 1. The summed E-state index contributed by atoms with van der Waals surface area (Å²) >= 11 is 1.43. The molecule has 1 aliphatic rings. The van der Waals surface area contributed by atoms with Crippen molar-refractivity contribution in [3.05, 3.63) is 48.0 Å². The summed E-state index contributed by atoms with van der Waals surface area (Å²) in [5.74, 6) is 0.426. The number of hydrogen-bond acceptors (Lipinski definition) is 8. The molecule has 2 atom stereocenters. The van der Waals surface area contributed by atoms with E-state index in [0.29, 0.717) is 48.1 Å². The lowest BCUT2D eigenvalue weighted by Crippen LogP contribution is -2.48. The molecule has 0 bridgehead atoms. The van der Waals surface area contributed by atoms with Gasteiger partial charge in [0.2, 0.25) is 10.0 Å². The monoisotopic (exact) mass is 560 g/mol. The molecule has 1 fully saturated rings. The molecule has 3 aromatic rings. The first kappa shape index (κ1) is 28.4. The number of aromatic nitrogens is 1. The van der Waals surface area contributed by atoms with E-state index in [1.165, 1.54) is 27.8 Å². The Morgan fingerprint density at radius 1 is 1.08 bits per heavy atom. The highest BCUT2D eigenvalue weighted by molar-refractivity contribution is 7.89. The molecule has 9 nitrogen and oxygen atoms in total. The fourth-order valence-electron chi connectivity index (χ4n) is 4.66. The number of hydrogen-bond donors (Lipinski definition) is 0. The molecule has 0 radical (unpaired) electrons. The molecular weight excluding hydrogens is 524 g/mol. The summed E-state index contributed by atoms with van der Waals surface area (Å²) in [5, 5.41) is 0.578. The second-order valence-electron chi connectivity index (χ2n) is 9.39. The van der Waals surface area contributed by atoms with Gasteiger partial charge < -0.3 is 14.4 Å². The maximum Gasteiger partial charge on any atom is 0.260 e. The maximum absolute atomic E-state index is 13.8. The van der Waals surface area contributed by atoms with Crippen LogP contribution in [0.2, 0.25) is 0 Å². The predicted molar refractivity (Wildman–Crippen MR) is 151 cm³/mol. The van der Waals surface area contributed by atoms with Crippen LogP contribution in [0.5, 0.6) is 5.75 Å². The summed E-state index contributed by atoms with van der Waals surface area (Å²) in [5.41, 5.74) is 1.12. The summed E-state index contributed by atoms with van der Waals surface area (Å²) in [6.45, 7) is 11.4. The van der Waals surface area contributed by atoms with Crippen LogP contribution < -0.4 is 9.64 Å². The van der Waals surface area contributed by atoms with Crippen LogP contribution in [0.3, 0.4) is 0 Å². The first-order valence-corrected chi connectivity index (χ1v) is 15.2. The molecule has 1 amide bonds. The van der Waals surface area contributed by atoms with E-state index in [0.717, 1.165) is 17.8 Å². The Bertz CT molecular complexity index is 1350. The standard InChI is InChI=1S/C27H36N4O5S2/c1-6-29(7-2)15-16-31(27-28-25-23(35-5)9-8-10-24(25)37-27)26(32)21-11-13-22(14-12-21)38(33,34)30-17-19(3)36-20(4)18-30/h8-14,19-20H,6-7,15-18H2,1-5H3. The zero-order valence-electron chi connectivity index (χ0n) is 22.6. The number of morpholine rings is 1. The Labute approximate surface area is 229 Å². The lowest BCUT2D eigenvalue weighted by molar-refractivity contribution is -0.0440. The molecule has 0 N–H and O–H groups in total. The Balaban J connectivity index is 1.63. The Morgan fingerprint density at radius 3 is 2.34 bits per heavy atom. The number of ether oxygens (including phenoxy) is 2. The number of fused-ring (bicyclic) bond motifs is 1. The molecule has 0 spiro atoms. The van der Waals surface area contributed by atoms with Crippen LogP contribution >= 0.6 is 11.3 Å². The zero-order valence-corrected chi connectivity index (χ0v) is 24.2. The summed E-state index contributed by atoms with van der Waals surface area (Å²) < 4.78 is 40.1. The number of thiazole rings is 1. The maximum atomic E-state index is 13.8. The third kappa shape index (κ3) is 6.02. The first-order chi connectivity index (χ1) is 18.2. The van der Waals surface area contributed by atoms with Crippen molar-refractivity contribution in [2.75, 3.05) is 51.3 Å². The quantitative estimate of drug-likeness (QED) is 0.369. The van der Waals surface area contributed by atoms with Crippen molar-refractivity contribution >= 4 is 42.6 Å². The molecule has 2 aromatic carbocycles. The number of anilines is 1. The van der Waals surface area contributed by atoms with Crippen molar-refractivity contribution in [2.24, 2.45) is 0 Å². The van der Waals surface area contributed by atoms with Crippen LogP contribution in [0.4, 0.5) is 5.13 Å². The van der Waals surface area contributed by atoms with E-state index in [9.17, 15) is 13.2 Å². The van der Waals surface area contributed by atoms with Gasteiger partial charge in [-0.25, -0.2) is 13.4 Å². The van der Waals surface area contributed by atoms with Crippen molar-refractivity contribution in [3.8, 4) is 5.75 Å². The third-order valence-corrected chi connectivity index (χ3v) is 9.62. The molecule has 1 aliphatic heterocycles. The minimum Gasteiger partial charge on any atom is -0.494 e. The topological polar surface area (TPSA) is 92.3 Å². The van der Waals surface area contributed by atoms with Crippen molar-refractivity contribution in [2.45, 2.75) is 44.8 Å². The van der Waals surface area contributed by atoms with Gasteiger partial charge in [0.05, 0.1) is 28.9 Å². The Morgan fingerprint density at radius 2 is 1.74 bits per heavy atom. The molecule has 2 heterocycles. The first-order valence-electron chi connectivity index (χ1n) is 12.9. The van der Waals surface area contributed by atoms with Crippen LogP contribution in [0, 0.1) is 0 Å². The molecule has 4 rings (SSSR count). The highest BCUT2D eigenvalue weighted by Crippen LogP contribution is 2.34. The van der Waals surface area contributed by atoms with Crippen LogP contribution in [0.25, 0.3) is 10.2 Å². The van der Waals surface area contributed by atoms with E-state index >= 15 is 0 Å². The van der Waals surface area contributed by atoms with Crippen molar-refractivity contribution in [1.82, 2.24) is 14.2 Å². The number of rotatable bonds is 10. The van der Waals surface area contributed by atoms with Gasteiger partial charge in [-0.1, -0.05) is 31.3 Å². The highest BCUT2D eigenvalue weighted by Gasteiger charge is 2.32. The molecule has 0 aliphatic carbocycles. The second-order valence-corrected chi connectivity index (χ2v) is 12.3. The van der Waals surface area contributed by atoms with E-state index in [2.05, 4.69) is 18.7 Å². The largest absolute Gasteiger partial charge is 0.494 e. The minimum atomic E-state index is -3.70. The fraction of sp³-hybridized carbons (Fsp3) is 0.481. The molecule has 0 saturated carbocycles. The van der Waals surface area contributed by atoms with Gasteiger partial charge in [0.1, 0.15) is 11.3 Å². The van der Waals surface area contributed by atoms with Crippen molar-refractivity contribution < 1.29 is 22.7 Å². The number of likely N-dealkylation sites (N-methyl/N-ethyl adjacent to an activating group) is 1. The molecule has 2 unspecified atom stereocenters. The SMILES string of the molecule is CCN(CC)CCN(C(=O)c1ccc(S(=O)(=O)N2CC(C)OC(C)C2)cc1)c1nc2c(OC)cccc2s1. The van der Waals surface area contributed by atoms with Gasteiger partial charge >= 0.3 is 0 Å². The summed E-state index contributed by atoms with van der Waals surface area (Å²) in [4.78, 5) is 22.6. The van der Waals surface area contributed by atoms with Crippen LogP contribution in [-0.4, -0.2) is 87.1 Å². The summed E-state index contributed by atoms with van der Waals surface area (Å²) in [6, 6.07) is 11.9. The number of para-hydroxylation sites is 1.